The molecule has 0 aliphatic rings. The minimum Gasteiger partial charge on any atom is -0.383 e. The second-order valence-corrected chi connectivity index (χ2v) is 5.92. The van der Waals surface area contributed by atoms with Crippen molar-refractivity contribution >= 4 is 23.2 Å². The summed E-state index contributed by atoms with van der Waals surface area (Å²) in [5.41, 5.74) is 0.715. The third kappa shape index (κ3) is 4.21. The number of rotatable bonds is 6. The quantitative estimate of drug-likeness (QED) is 0.695. The van der Waals surface area contributed by atoms with Crippen molar-refractivity contribution in [2.45, 2.75) is 6.54 Å². The molecule has 3 rings (SSSR count). The summed E-state index contributed by atoms with van der Waals surface area (Å²) in [4.78, 5) is 24.5. The topological polar surface area (TPSA) is 91.0 Å². The van der Waals surface area contributed by atoms with E-state index in [1.807, 2.05) is 0 Å². The van der Waals surface area contributed by atoms with E-state index in [0.29, 0.717) is 24.5 Å². The summed E-state index contributed by atoms with van der Waals surface area (Å²) in [6, 6.07) is 9.95. The number of nitrogens with one attached hydrogen (secondary N) is 1. The van der Waals surface area contributed by atoms with Crippen LogP contribution in [0.3, 0.4) is 0 Å². The van der Waals surface area contributed by atoms with E-state index >= 15 is 0 Å². The van der Waals surface area contributed by atoms with Crippen LogP contribution >= 0.6 is 11.6 Å². The van der Waals surface area contributed by atoms with Crippen molar-refractivity contribution in [2.24, 2.45) is 0 Å². The summed E-state index contributed by atoms with van der Waals surface area (Å²) in [5.74, 6) is -1.000. The molecule has 1 N–H and O–H groups in total. The molecule has 0 radical (unpaired) electrons. The Labute approximate surface area is 158 Å². The molecule has 0 saturated heterocycles. The van der Waals surface area contributed by atoms with Gasteiger partial charge in [-0.05, 0) is 52.9 Å². The van der Waals surface area contributed by atoms with Crippen LogP contribution in [0.15, 0.2) is 47.3 Å². The van der Waals surface area contributed by atoms with E-state index < -0.39 is 17.4 Å². The Bertz CT molecular complexity index is 1020. The molecule has 0 atom stereocenters. The van der Waals surface area contributed by atoms with Crippen molar-refractivity contribution in [2.75, 3.05) is 19.0 Å². The third-order valence-corrected chi connectivity index (χ3v) is 4.00. The Morgan fingerprint density at radius 1 is 1.22 bits per heavy atom. The number of amides is 1. The standard InChI is InChI=1S/C17H15ClFN5O3/c1-27-9-8-23-17(26)24(22-21-23)13-5-3-12(4-6-13)20-16(25)14-7-2-11(19)10-15(14)18/h2-7,10H,8-9H2,1H3,(H,20,25). The van der Waals surface area contributed by atoms with Crippen LogP contribution in [0.4, 0.5) is 10.1 Å². The summed E-state index contributed by atoms with van der Waals surface area (Å²) >= 11 is 5.89. The van der Waals surface area contributed by atoms with Gasteiger partial charge in [-0.1, -0.05) is 11.6 Å². The normalized spacial score (nSPS) is 10.8. The number of carbonyl (C=O) groups excluding carboxylic acids is 1. The number of benzene rings is 2. The van der Waals surface area contributed by atoms with Crippen molar-refractivity contribution < 1.29 is 13.9 Å². The van der Waals surface area contributed by atoms with Crippen molar-refractivity contribution in [3.05, 3.63) is 69.4 Å². The maximum atomic E-state index is 13.1. The molecular formula is C17H15ClFN5O3. The second kappa shape index (κ2) is 8.11. The van der Waals surface area contributed by atoms with E-state index in [4.69, 9.17) is 16.3 Å². The fourth-order valence-corrected chi connectivity index (χ4v) is 2.57. The lowest BCUT2D eigenvalue weighted by Crippen LogP contribution is -2.25. The number of hydrogen-bond donors (Lipinski definition) is 1. The Hall–Kier alpha value is -3.04. The summed E-state index contributed by atoms with van der Waals surface area (Å²) in [6.45, 7) is 0.636. The van der Waals surface area contributed by atoms with Crippen LogP contribution in [0.5, 0.6) is 0 Å². The second-order valence-electron chi connectivity index (χ2n) is 5.51. The fraction of sp³-hybridized carbons (Fsp3) is 0.176. The molecule has 0 aliphatic carbocycles. The first-order valence-corrected chi connectivity index (χ1v) is 8.26. The summed E-state index contributed by atoms with van der Waals surface area (Å²) in [5, 5.41) is 10.3. The Morgan fingerprint density at radius 3 is 2.63 bits per heavy atom. The first kappa shape index (κ1) is 18.7. The Morgan fingerprint density at radius 2 is 1.96 bits per heavy atom. The van der Waals surface area contributed by atoms with Gasteiger partial charge in [0.1, 0.15) is 5.82 Å². The monoisotopic (exact) mass is 391 g/mol. The van der Waals surface area contributed by atoms with Crippen LogP contribution in [0.2, 0.25) is 5.02 Å². The zero-order chi connectivity index (χ0) is 19.4. The predicted molar refractivity (Wildman–Crippen MR) is 96.9 cm³/mol. The molecule has 3 aromatic rings. The van der Waals surface area contributed by atoms with Crippen molar-refractivity contribution in [3.8, 4) is 5.69 Å². The van der Waals surface area contributed by atoms with Gasteiger partial charge < -0.3 is 10.1 Å². The smallest absolute Gasteiger partial charge is 0.368 e. The van der Waals surface area contributed by atoms with Crippen LogP contribution in [0.1, 0.15) is 10.4 Å². The molecule has 2 aromatic carbocycles. The van der Waals surface area contributed by atoms with Crippen molar-refractivity contribution in [3.63, 3.8) is 0 Å². The highest BCUT2D eigenvalue weighted by Gasteiger charge is 2.12. The maximum Gasteiger partial charge on any atom is 0.368 e. The molecule has 1 amide bonds. The lowest BCUT2D eigenvalue weighted by Gasteiger charge is -2.07. The molecule has 1 heterocycles. The number of methoxy groups -OCH3 is 1. The van der Waals surface area contributed by atoms with E-state index in [1.54, 1.807) is 24.3 Å². The minimum absolute atomic E-state index is 0.0170. The van der Waals surface area contributed by atoms with Crippen molar-refractivity contribution in [1.29, 1.82) is 0 Å². The van der Waals surface area contributed by atoms with E-state index in [2.05, 4.69) is 15.7 Å². The maximum absolute atomic E-state index is 13.1. The first-order chi connectivity index (χ1) is 13.0. The number of hydrogen-bond acceptors (Lipinski definition) is 5. The van der Waals surface area contributed by atoms with E-state index in [1.165, 1.54) is 17.9 Å². The number of ether oxygens (including phenoxy) is 1. The average molecular weight is 392 g/mol. The lowest BCUT2D eigenvalue weighted by molar-refractivity contribution is 0.102. The Kier molecular flexibility index (Phi) is 5.63. The number of anilines is 1. The van der Waals surface area contributed by atoms with Crippen LogP contribution < -0.4 is 11.0 Å². The molecule has 0 spiro atoms. The summed E-state index contributed by atoms with van der Waals surface area (Å²) in [7, 11) is 1.53. The first-order valence-electron chi connectivity index (χ1n) is 7.88. The molecule has 8 nitrogen and oxygen atoms in total. The molecule has 0 aliphatic heterocycles. The Balaban J connectivity index is 1.75. The molecular weight excluding hydrogens is 377 g/mol. The van der Waals surface area contributed by atoms with Crippen LogP contribution in [0.25, 0.3) is 5.69 Å². The van der Waals surface area contributed by atoms with Gasteiger partial charge in [0.25, 0.3) is 5.91 Å². The lowest BCUT2D eigenvalue weighted by atomic mass is 10.2. The van der Waals surface area contributed by atoms with Gasteiger partial charge in [0.2, 0.25) is 0 Å². The van der Waals surface area contributed by atoms with Gasteiger partial charge in [-0.25, -0.2) is 9.18 Å². The van der Waals surface area contributed by atoms with Gasteiger partial charge in [-0.15, -0.1) is 0 Å². The fourth-order valence-electron chi connectivity index (χ4n) is 2.31. The number of nitrogens with zero attached hydrogens (tertiary/aromatic N) is 4. The highest BCUT2D eigenvalue weighted by atomic mass is 35.5. The molecule has 1 aromatic heterocycles. The molecule has 27 heavy (non-hydrogen) atoms. The van der Waals surface area contributed by atoms with E-state index in [-0.39, 0.29) is 10.6 Å². The van der Waals surface area contributed by atoms with Crippen LogP contribution in [0, 0.1) is 5.82 Å². The summed E-state index contributed by atoms with van der Waals surface area (Å²) in [6.07, 6.45) is 0. The van der Waals surface area contributed by atoms with Gasteiger partial charge in [-0.2, -0.15) is 9.36 Å². The van der Waals surface area contributed by atoms with E-state index in [0.717, 1.165) is 16.8 Å². The SMILES string of the molecule is COCCn1nnn(-c2ccc(NC(=O)c3ccc(F)cc3Cl)cc2)c1=O. The number of carbonyl (C=O) groups is 1. The van der Waals surface area contributed by atoms with E-state index in [9.17, 15) is 14.0 Å². The van der Waals surface area contributed by atoms with Gasteiger partial charge in [0.05, 0.1) is 29.4 Å². The van der Waals surface area contributed by atoms with Gasteiger partial charge in [0.15, 0.2) is 0 Å². The summed E-state index contributed by atoms with van der Waals surface area (Å²) < 4.78 is 20.3. The van der Waals surface area contributed by atoms with Crippen molar-refractivity contribution in [1.82, 2.24) is 19.8 Å². The largest absolute Gasteiger partial charge is 0.383 e. The average Bonchev–Trinajstić information content (AvgIpc) is 3.01. The van der Waals surface area contributed by atoms with Gasteiger partial charge in [-0.3, -0.25) is 4.79 Å². The number of halogens is 2. The predicted octanol–water partition coefficient (Wildman–Crippen LogP) is 2.12. The zero-order valence-electron chi connectivity index (χ0n) is 14.2. The number of tetrazole rings is 1. The highest BCUT2D eigenvalue weighted by Crippen LogP contribution is 2.19. The molecule has 0 unspecified atom stereocenters. The molecule has 140 valence electrons. The van der Waals surface area contributed by atoms with Crippen LogP contribution in [-0.4, -0.2) is 39.4 Å². The zero-order valence-corrected chi connectivity index (χ0v) is 15.0. The minimum atomic E-state index is -0.523. The van der Waals surface area contributed by atoms with Gasteiger partial charge >= 0.3 is 5.69 Å². The number of aromatic nitrogens is 4. The highest BCUT2D eigenvalue weighted by molar-refractivity contribution is 6.34. The third-order valence-electron chi connectivity index (χ3n) is 3.69. The molecule has 0 fully saturated rings. The van der Waals surface area contributed by atoms with Gasteiger partial charge in [0, 0.05) is 12.8 Å². The molecule has 10 heteroatoms. The molecule has 0 saturated carbocycles. The molecule has 0 bridgehead atoms. The van der Waals surface area contributed by atoms with Crippen LogP contribution in [-0.2, 0) is 11.3 Å².